The number of nitrogens with zero attached hydrogens (tertiary/aromatic N) is 3. The molecule has 4 bridgehead atoms. The van der Waals surface area contributed by atoms with Crippen LogP contribution in [0.1, 0.15) is 73.4 Å². The second kappa shape index (κ2) is 27.1. The van der Waals surface area contributed by atoms with Gasteiger partial charge in [-0.2, -0.15) is 0 Å². The summed E-state index contributed by atoms with van der Waals surface area (Å²) in [6.07, 6.45) is 3.51. The summed E-state index contributed by atoms with van der Waals surface area (Å²) in [5.41, 5.74) is 0.577. The third-order valence-electron chi connectivity index (χ3n) is 16.4. The molecule has 0 spiro atoms. The van der Waals surface area contributed by atoms with E-state index in [1.807, 2.05) is 6.07 Å². The van der Waals surface area contributed by atoms with Crippen LogP contribution in [0.2, 0.25) is 10.0 Å². The lowest BCUT2D eigenvalue weighted by molar-refractivity contribution is -0.160. The molecule has 87 heavy (non-hydrogen) atoms. The number of amides is 1. The number of esters is 1. The average molecular weight is 1240 g/mol. The number of methoxy groups -OCH3 is 1. The Labute approximate surface area is 513 Å². The van der Waals surface area contributed by atoms with E-state index in [4.69, 9.17) is 56.7 Å². The van der Waals surface area contributed by atoms with Gasteiger partial charge in [-0.3, -0.25) is 28.9 Å². The monoisotopic (exact) mass is 1240 g/mol. The van der Waals surface area contributed by atoms with Crippen LogP contribution in [0.15, 0.2) is 105 Å². The van der Waals surface area contributed by atoms with Gasteiger partial charge in [0.2, 0.25) is 10.9 Å². The van der Waals surface area contributed by atoms with E-state index < -0.39 is 94.1 Å². The van der Waals surface area contributed by atoms with Gasteiger partial charge >= 0.3 is 17.7 Å². The van der Waals surface area contributed by atoms with Gasteiger partial charge in [0.05, 0.1) is 57.3 Å². The van der Waals surface area contributed by atoms with Gasteiger partial charge in [0.1, 0.15) is 28.8 Å². The molecule has 6 aromatic rings. The Morgan fingerprint density at radius 2 is 1.57 bits per heavy atom. The summed E-state index contributed by atoms with van der Waals surface area (Å²) < 4.78 is 30.5. The highest BCUT2D eigenvalue weighted by molar-refractivity contribution is 6.39. The Kier molecular flexibility index (Phi) is 20.3. The summed E-state index contributed by atoms with van der Waals surface area (Å²) in [5.74, 6) is -7.32. The molecule has 7 N–H and O–H groups in total. The number of benzene rings is 5. The minimum Gasteiger partial charge on any atom is -0.507 e. The number of aliphatic carboxylic acids is 1. The molecular formula is C65H75Cl2N5O15. The third-order valence-corrected chi connectivity index (χ3v) is 17.0. The number of carbonyl (C=O) groups is 3. The summed E-state index contributed by atoms with van der Waals surface area (Å²) in [7, 11) is 1.45. The lowest BCUT2D eigenvalue weighted by Crippen LogP contribution is -2.47. The molecule has 1 aromatic heterocycles. The lowest BCUT2D eigenvalue weighted by atomic mass is 9.78. The standard InChI is InChI=1S/C51H64N4O13.C14H11Cl2NO2/c1-24(2)23-54-16-18-55(19-17-54)32-21-33(57)39-35(22-32)67-48-40(52-39)36-37-44(60)30(8)47-38(36)49(62)51(10,68-47)65-20-15-34(64-11)27(5)46(66-31(9)56)29(7)43(59)28(6)42(58)25(3)13-12-14-26(4)50(63)53-41(48)45(37)61;15-10-5-3-6-11(16)14(10)17-12-7-2-1-4-9(12)8-13(18)19/h12-15,20-22,24-25,27-29,34,42-43,46,58-60,62H,16-19,23H2,1-11H3,(H,53,63);1-7,17H,8H2,(H,18,19)/b13-12+,20-15+,26-14-;/t25-,27+,28+,29+,34-,42-,43+,46+,51-;/m0./s1. The first kappa shape index (κ1) is 65.3. The molecule has 0 aliphatic carbocycles. The number of fused-ring (bicyclic) bond motifs is 2. The highest BCUT2D eigenvalue weighted by Gasteiger charge is 2.44. The van der Waals surface area contributed by atoms with Crippen molar-refractivity contribution in [2.75, 3.05) is 55.4 Å². The van der Waals surface area contributed by atoms with Crippen molar-refractivity contribution in [1.29, 1.82) is 0 Å². The Balaban J connectivity index is 0.000000438. The predicted octanol–water partition coefficient (Wildman–Crippen LogP) is 9.70. The molecule has 0 radical (unpaired) electrons. The SMILES string of the molecule is CO[C@H]1/C=C/O[C@@]2(C)Oc3c(C)c(O)c4c(=O)c(c5oc6cc(N7CCN(CC(C)C)CC7)cc(=O)c6nc5c4c3=C2O)NC(=O)/C(C)=C\C=C\[C@H](C)[C@H](O)[C@@H](C)[C@@H](O)[C@@H](C)[C@H](OC(C)=O)[C@@H]1C.O=C(O)Cc1ccccc1Nc1c(Cl)cccc1Cl. The maximum atomic E-state index is 14.9. The van der Waals surface area contributed by atoms with E-state index in [2.05, 4.69) is 34.3 Å². The third kappa shape index (κ3) is 13.9. The maximum absolute atomic E-state index is 14.9. The number of aromatic hydroxyl groups is 1. The largest absolute Gasteiger partial charge is 0.507 e. The number of hydrogen-bond acceptors (Lipinski definition) is 18. The minimum atomic E-state index is -1.98. The average Bonchev–Trinajstić information content (AvgIpc) is 1.68. The number of carboxylic acids is 1. The number of aliphatic hydroxyl groups excluding tert-OH is 3. The van der Waals surface area contributed by atoms with E-state index >= 15 is 0 Å². The number of ether oxygens (including phenoxy) is 4. The number of nitrogens with one attached hydrogen (secondary N) is 2. The second-order valence-electron chi connectivity index (χ2n) is 23.2. The van der Waals surface area contributed by atoms with Gasteiger partial charge in [-0.1, -0.05) is 107 Å². The number of allylic oxidation sites excluding steroid dienone is 2. The number of aromatic nitrogens is 1. The van der Waals surface area contributed by atoms with Gasteiger partial charge in [-0.15, -0.1) is 0 Å². The van der Waals surface area contributed by atoms with Crippen LogP contribution in [0.3, 0.4) is 0 Å². The number of phenolic OH excluding ortho intramolecular Hbond substituents is 1. The van der Waals surface area contributed by atoms with Gasteiger partial charge < -0.3 is 64.4 Å². The first-order valence-electron chi connectivity index (χ1n) is 28.8. The second-order valence-corrected chi connectivity index (χ2v) is 24.0. The van der Waals surface area contributed by atoms with E-state index in [0.717, 1.165) is 19.6 Å². The fourth-order valence-electron chi connectivity index (χ4n) is 11.5. The topological polar surface area (TPSA) is 280 Å². The molecular weight excluding hydrogens is 1160 g/mol. The van der Waals surface area contributed by atoms with Crippen LogP contribution in [0, 0.1) is 36.5 Å². The highest BCUT2D eigenvalue weighted by Crippen LogP contribution is 2.43. The van der Waals surface area contributed by atoms with E-state index in [-0.39, 0.29) is 67.2 Å². The molecule has 1 amide bonds. The van der Waals surface area contributed by atoms with E-state index in [1.54, 1.807) is 82.3 Å². The van der Waals surface area contributed by atoms with Gasteiger partial charge in [-0.25, -0.2) is 4.98 Å². The molecule has 3 aliphatic rings. The Bertz CT molecular complexity index is 3880. The molecule has 5 aromatic carbocycles. The lowest BCUT2D eigenvalue weighted by Gasteiger charge is -2.38. The fraction of sp³-hybridized carbons (Fsp3) is 0.415. The zero-order chi connectivity index (χ0) is 63.5. The molecule has 22 heteroatoms. The quantitative estimate of drug-likeness (QED) is 0.0403. The number of carboxylic acid groups (broad SMARTS) is 1. The van der Waals surface area contributed by atoms with Crippen LogP contribution in [-0.4, -0.2) is 123 Å². The fourth-order valence-corrected chi connectivity index (χ4v) is 12.0. The number of aliphatic hydroxyl groups is 3. The Morgan fingerprint density at radius 1 is 0.897 bits per heavy atom. The van der Waals surface area contributed by atoms with E-state index in [0.29, 0.717) is 51.7 Å². The van der Waals surface area contributed by atoms with Gasteiger partial charge in [0.25, 0.3) is 5.91 Å². The molecule has 0 saturated carbocycles. The summed E-state index contributed by atoms with van der Waals surface area (Å²) in [4.78, 5) is 75.5. The van der Waals surface area contributed by atoms with Crippen LogP contribution in [0.4, 0.5) is 22.7 Å². The molecule has 20 nitrogen and oxygen atoms in total. The van der Waals surface area contributed by atoms with Crippen molar-refractivity contribution in [2.45, 2.75) is 106 Å². The molecule has 9 rings (SSSR count). The number of hydrogen-bond donors (Lipinski definition) is 7. The van der Waals surface area contributed by atoms with Gasteiger partial charge in [-0.05, 0) is 49.6 Å². The Hall–Kier alpha value is -7.72. The van der Waals surface area contributed by atoms with Crippen molar-refractivity contribution < 1.29 is 63.3 Å². The summed E-state index contributed by atoms with van der Waals surface area (Å²) >= 11 is 12.1. The number of rotatable bonds is 9. The number of para-hydroxylation sites is 2. The summed E-state index contributed by atoms with van der Waals surface area (Å²) in [6, 6.07) is 15.5. The first-order chi connectivity index (χ1) is 41.1. The summed E-state index contributed by atoms with van der Waals surface area (Å²) in [5, 5.41) is 62.3. The number of halogens is 2. The molecule has 1 fully saturated rings. The molecule has 3 aliphatic heterocycles. The van der Waals surface area contributed by atoms with Crippen molar-refractivity contribution >= 4 is 103 Å². The highest BCUT2D eigenvalue weighted by atomic mass is 35.5. The minimum absolute atomic E-state index is 0.0390. The molecule has 0 unspecified atom stereocenters. The van der Waals surface area contributed by atoms with Gasteiger partial charge in [0, 0.05) is 117 Å². The van der Waals surface area contributed by atoms with Crippen molar-refractivity contribution in [3.63, 3.8) is 0 Å². The van der Waals surface area contributed by atoms with E-state index in [9.17, 15) is 44.4 Å². The van der Waals surface area contributed by atoms with Crippen molar-refractivity contribution in [1.82, 2.24) is 9.88 Å². The molecule has 464 valence electrons. The van der Waals surface area contributed by atoms with Crippen molar-refractivity contribution in [3.8, 4) is 11.5 Å². The molecule has 9 atom stereocenters. The maximum Gasteiger partial charge on any atom is 0.307 e. The number of piperazine rings is 1. The Morgan fingerprint density at radius 3 is 2.22 bits per heavy atom. The molecule has 4 heterocycles. The van der Waals surface area contributed by atoms with Crippen LogP contribution in [0.5, 0.6) is 11.5 Å². The normalized spacial score (nSPS) is 25.3. The van der Waals surface area contributed by atoms with Crippen LogP contribution in [-0.2, 0) is 35.0 Å². The zero-order valence-corrected chi connectivity index (χ0v) is 51.9. The van der Waals surface area contributed by atoms with Gasteiger partial charge in [0.15, 0.2) is 22.4 Å². The number of carbonyl (C=O) groups excluding carboxylic acids is 2. The number of phenols is 1. The number of anilines is 4. The van der Waals surface area contributed by atoms with Crippen LogP contribution < -0.4 is 36.3 Å². The zero-order valence-electron chi connectivity index (χ0n) is 50.4. The molecule has 1 saturated heterocycles. The van der Waals surface area contributed by atoms with Crippen molar-refractivity contribution in [3.05, 3.63) is 138 Å². The van der Waals surface area contributed by atoms with Crippen LogP contribution >= 0.6 is 23.2 Å². The smallest absolute Gasteiger partial charge is 0.307 e. The van der Waals surface area contributed by atoms with E-state index in [1.165, 1.54) is 59.3 Å². The van der Waals surface area contributed by atoms with Crippen molar-refractivity contribution in [2.24, 2.45) is 29.6 Å². The summed E-state index contributed by atoms with van der Waals surface area (Å²) in [6.45, 7) is 20.8. The predicted molar refractivity (Wildman–Crippen MR) is 336 cm³/mol. The van der Waals surface area contributed by atoms with Crippen LogP contribution in [0.25, 0.3) is 38.7 Å². The first-order valence-corrected chi connectivity index (χ1v) is 29.5.